The van der Waals surface area contributed by atoms with Crippen molar-refractivity contribution in [2.24, 2.45) is 11.3 Å². The van der Waals surface area contributed by atoms with Crippen molar-refractivity contribution in [1.29, 1.82) is 0 Å². The lowest BCUT2D eigenvalue weighted by molar-refractivity contribution is -0.138. The molecule has 8 nitrogen and oxygen atoms in total. The zero-order valence-electron chi connectivity index (χ0n) is 21.4. The molecule has 1 heterocycles. The second kappa shape index (κ2) is 12.6. The Morgan fingerprint density at radius 1 is 1.18 bits per heavy atom. The standard InChI is InChI=1S/C26H40N4O4/c1-19(28-23(31)12-9-20-7-10-22(34-6)11-8-20)25(33)30-15-13-21(14-16-30)24(32)27-17-26(2,3)18-29(4)5/h7-12,19,21H,13-18H2,1-6H3,(H,27,32)(H,28,31)/b12-9+. The van der Waals surface area contributed by atoms with Gasteiger partial charge in [0.1, 0.15) is 11.8 Å². The number of hydrogen-bond acceptors (Lipinski definition) is 5. The summed E-state index contributed by atoms with van der Waals surface area (Å²) in [4.78, 5) is 41.5. The van der Waals surface area contributed by atoms with Crippen molar-refractivity contribution < 1.29 is 19.1 Å². The molecule has 2 N–H and O–H groups in total. The van der Waals surface area contributed by atoms with Crippen LogP contribution < -0.4 is 15.4 Å². The van der Waals surface area contributed by atoms with Gasteiger partial charge in [0, 0.05) is 38.2 Å². The van der Waals surface area contributed by atoms with Crippen LogP contribution in [0.2, 0.25) is 0 Å². The Hall–Kier alpha value is -2.87. The number of likely N-dealkylation sites (tertiary alicyclic amines) is 1. The number of benzene rings is 1. The average molecular weight is 473 g/mol. The number of rotatable bonds is 10. The summed E-state index contributed by atoms with van der Waals surface area (Å²) in [6, 6.07) is 6.70. The molecule has 1 unspecified atom stereocenters. The monoisotopic (exact) mass is 472 g/mol. The number of hydrogen-bond donors (Lipinski definition) is 2. The highest BCUT2D eigenvalue weighted by Crippen LogP contribution is 2.20. The van der Waals surface area contributed by atoms with E-state index < -0.39 is 6.04 Å². The molecule has 0 aromatic heterocycles. The molecule has 1 aliphatic rings. The largest absolute Gasteiger partial charge is 0.497 e. The third-order valence-corrected chi connectivity index (χ3v) is 5.94. The lowest BCUT2D eigenvalue weighted by Gasteiger charge is -2.34. The van der Waals surface area contributed by atoms with Gasteiger partial charge in [-0.05, 0) is 63.0 Å². The van der Waals surface area contributed by atoms with E-state index in [9.17, 15) is 14.4 Å². The quantitative estimate of drug-likeness (QED) is 0.509. The van der Waals surface area contributed by atoms with Gasteiger partial charge in [0.25, 0.3) is 0 Å². The number of piperidine rings is 1. The molecule has 34 heavy (non-hydrogen) atoms. The topological polar surface area (TPSA) is 91.0 Å². The molecule has 3 amide bonds. The van der Waals surface area contributed by atoms with E-state index in [2.05, 4.69) is 29.4 Å². The van der Waals surface area contributed by atoms with E-state index in [1.54, 1.807) is 25.0 Å². The molecule has 1 atom stereocenters. The number of ether oxygens (including phenoxy) is 1. The SMILES string of the molecule is COc1ccc(/C=C/C(=O)NC(C)C(=O)N2CCC(C(=O)NCC(C)(C)CN(C)C)CC2)cc1. The first-order chi connectivity index (χ1) is 16.0. The van der Waals surface area contributed by atoms with Gasteiger partial charge >= 0.3 is 0 Å². The number of nitrogens with one attached hydrogen (secondary N) is 2. The minimum absolute atomic E-state index is 0.00864. The molecule has 1 fully saturated rings. The van der Waals surface area contributed by atoms with Gasteiger partial charge < -0.3 is 25.2 Å². The summed E-state index contributed by atoms with van der Waals surface area (Å²) in [6.45, 7) is 8.50. The third-order valence-electron chi connectivity index (χ3n) is 5.94. The zero-order chi connectivity index (χ0) is 25.3. The number of carbonyl (C=O) groups is 3. The first kappa shape index (κ1) is 27.4. The van der Waals surface area contributed by atoms with Gasteiger partial charge in [-0.3, -0.25) is 14.4 Å². The molecule has 0 radical (unpaired) electrons. The van der Waals surface area contributed by atoms with Crippen LogP contribution >= 0.6 is 0 Å². The van der Waals surface area contributed by atoms with Crippen LogP contribution in [0.25, 0.3) is 6.08 Å². The molecule has 0 saturated carbocycles. The lowest BCUT2D eigenvalue weighted by atomic mass is 9.91. The Morgan fingerprint density at radius 3 is 2.35 bits per heavy atom. The molecule has 0 aliphatic carbocycles. The van der Waals surface area contributed by atoms with Crippen molar-refractivity contribution in [3.63, 3.8) is 0 Å². The first-order valence-electron chi connectivity index (χ1n) is 11.8. The number of carbonyl (C=O) groups excluding carboxylic acids is 3. The van der Waals surface area contributed by atoms with Crippen LogP contribution in [-0.4, -0.2) is 80.9 Å². The highest BCUT2D eigenvalue weighted by atomic mass is 16.5. The molecule has 8 heteroatoms. The maximum absolute atomic E-state index is 12.8. The molecule has 0 spiro atoms. The van der Waals surface area contributed by atoms with Crippen LogP contribution in [0.15, 0.2) is 30.3 Å². The highest BCUT2D eigenvalue weighted by Gasteiger charge is 2.30. The first-order valence-corrected chi connectivity index (χ1v) is 11.8. The maximum Gasteiger partial charge on any atom is 0.244 e. The molecular formula is C26H40N4O4. The van der Waals surface area contributed by atoms with Gasteiger partial charge in [0.2, 0.25) is 17.7 Å². The van der Waals surface area contributed by atoms with Crippen LogP contribution in [0.5, 0.6) is 5.75 Å². The smallest absolute Gasteiger partial charge is 0.244 e. The van der Waals surface area contributed by atoms with E-state index in [-0.39, 0.29) is 29.1 Å². The predicted molar refractivity (Wildman–Crippen MR) is 134 cm³/mol. The van der Waals surface area contributed by atoms with E-state index in [1.807, 2.05) is 38.4 Å². The van der Waals surface area contributed by atoms with E-state index in [4.69, 9.17) is 4.74 Å². The minimum atomic E-state index is -0.634. The van der Waals surface area contributed by atoms with Crippen molar-refractivity contribution >= 4 is 23.8 Å². The summed E-state index contributed by atoms with van der Waals surface area (Å²) in [5.74, 6) is 0.263. The van der Waals surface area contributed by atoms with Gasteiger partial charge in [0.05, 0.1) is 7.11 Å². The van der Waals surface area contributed by atoms with E-state index >= 15 is 0 Å². The predicted octanol–water partition coefficient (Wildman–Crippen LogP) is 2.16. The molecule has 188 valence electrons. The van der Waals surface area contributed by atoms with Gasteiger partial charge in [-0.25, -0.2) is 0 Å². The molecular weight excluding hydrogens is 432 g/mol. The Morgan fingerprint density at radius 2 is 1.79 bits per heavy atom. The highest BCUT2D eigenvalue weighted by molar-refractivity contribution is 5.95. The maximum atomic E-state index is 12.8. The fraction of sp³-hybridized carbons (Fsp3) is 0.577. The fourth-order valence-electron chi connectivity index (χ4n) is 4.23. The molecule has 1 aliphatic heterocycles. The normalized spacial score (nSPS) is 15.9. The van der Waals surface area contributed by atoms with E-state index in [0.29, 0.717) is 32.5 Å². The Labute approximate surface area is 203 Å². The van der Waals surface area contributed by atoms with Crippen LogP contribution in [0, 0.1) is 11.3 Å². The Kier molecular flexibility index (Phi) is 10.1. The van der Waals surface area contributed by atoms with Crippen molar-refractivity contribution in [3.8, 4) is 5.75 Å². The molecule has 1 aromatic carbocycles. The summed E-state index contributed by atoms with van der Waals surface area (Å²) in [5, 5.41) is 5.82. The average Bonchev–Trinajstić information content (AvgIpc) is 2.80. The third kappa shape index (κ3) is 8.82. The summed E-state index contributed by atoms with van der Waals surface area (Å²) in [6.07, 6.45) is 4.36. The lowest BCUT2D eigenvalue weighted by Crippen LogP contribution is -2.50. The van der Waals surface area contributed by atoms with Crippen LogP contribution in [0.1, 0.15) is 39.2 Å². The van der Waals surface area contributed by atoms with Crippen molar-refractivity contribution in [2.75, 3.05) is 47.4 Å². The summed E-state index contributed by atoms with van der Waals surface area (Å²) in [5.41, 5.74) is 0.853. The van der Waals surface area contributed by atoms with Crippen molar-refractivity contribution in [1.82, 2.24) is 20.4 Å². The Balaban J connectivity index is 1.76. The van der Waals surface area contributed by atoms with Crippen LogP contribution in [0.3, 0.4) is 0 Å². The van der Waals surface area contributed by atoms with Gasteiger partial charge in [0.15, 0.2) is 0 Å². The fourth-order valence-corrected chi connectivity index (χ4v) is 4.23. The number of nitrogens with zero attached hydrogens (tertiary/aromatic N) is 2. The summed E-state index contributed by atoms with van der Waals surface area (Å²) >= 11 is 0. The number of amides is 3. The van der Waals surface area contributed by atoms with Gasteiger partial charge in [-0.2, -0.15) is 0 Å². The molecule has 1 saturated heterocycles. The second-order valence-electron chi connectivity index (χ2n) is 10.1. The molecule has 0 bridgehead atoms. The summed E-state index contributed by atoms with van der Waals surface area (Å²) in [7, 11) is 5.65. The Bertz CT molecular complexity index is 856. The minimum Gasteiger partial charge on any atom is -0.497 e. The number of methoxy groups -OCH3 is 1. The van der Waals surface area contributed by atoms with E-state index in [0.717, 1.165) is 17.9 Å². The second-order valence-corrected chi connectivity index (χ2v) is 10.1. The van der Waals surface area contributed by atoms with Crippen molar-refractivity contribution in [2.45, 2.75) is 39.7 Å². The van der Waals surface area contributed by atoms with Crippen LogP contribution in [-0.2, 0) is 14.4 Å². The summed E-state index contributed by atoms with van der Waals surface area (Å²) < 4.78 is 5.12. The van der Waals surface area contributed by atoms with E-state index in [1.165, 1.54) is 6.08 Å². The van der Waals surface area contributed by atoms with Crippen LogP contribution in [0.4, 0.5) is 0 Å². The molecule has 2 rings (SSSR count). The molecule has 1 aromatic rings. The van der Waals surface area contributed by atoms with Gasteiger partial charge in [-0.1, -0.05) is 26.0 Å². The van der Waals surface area contributed by atoms with Crippen molar-refractivity contribution in [3.05, 3.63) is 35.9 Å². The zero-order valence-corrected chi connectivity index (χ0v) is 21.4. The van der Waals surface area contributed by atoms with Gasteiger partial charge in [-0.15, -0.1) is 0 Å².